The van der Waals surface area contributed by atoms with Crippen molar-refractivity contribution in [3.05, 3.63) is 29.3 Å². The smallest absolute Gasteiger partial charge is 0.226 e. The molecular weight excluding hydrogens is 240 g/mol. The molecule has 0 radical (unpaired) electrons. The van der Waals surface area contributed by atoms with Crippen molar-refractivity contribution >= 4 is 17.4 Å². The molecule has 2 atom stereocenters. The molecule has 0 fully saturated rings. The number of rotatable bonds is 3. The summed E-state index contributed by atoms with van der Waals surface area (Å²) in [5.74, 6) is 0.0632. The Morgan fingerprint density at radius 3 is 2.74 bits per heavy atom. The number of carbonyl (C=O) groups excluding carboxylic acids is 2. The first-order valence-electron chi connectivity index (χ1n) is 6.70. The van der Waals surface area contributed by atoms with E-state index in [0.29, 0.717) is 12.0 Å². The maximum atomic E-state index is 12.0. The number of nitrogens with zero attached hydrogens (tertiary/aromatic N) is 1. The second kappa shape index (κ2) is 5.13. The van der Waals surface area contributed by atoms with E-state index in [1.807, 2.05) is 30.9 Å². The van der Waals surface area contributed by atoms with Crippen LogP contribution in [0.4, 0.5) is 5.69 Å². The van der Waals surface area contributed by atoms with Crippen molar-refractivity contribution in [2.75, 3.05) is 4.90 Å². The average molecular weight is 260 g/mol. The van der Waals surface area contributed by atoms with Crippen LogP contribution in [0.5, 0.6) is 0 Å². The summed E-state index contributed by atoms with van der Waals surface area (Å²) in [6.45, 7) is 5.58. The number of carbonyl (C=O) groups is 2. The Kier molecular flexibility index (Phi) is 3.71. The van der Waals surface area contributed by atoms with Gasteiger partial charge < -0.3 is 10.6 Å². The van der Waals surface area contributed by atoms with E-state index < -0.39 is 6.04 Å². The Bertz CT molecular complexity index is 523. The monoisotopic (exact) mass is 260 g/mol. The second-order valence-electron chi connectivity index (χ2n) is 5.17. The van der Waals surface area contributed by atoms with E-state index in [2.05, 4.69) is 0 Å². The van der Waals surface area contributed by atoms with Gasteiger partial charge in [-0.3, -0.25) is 9.59 Å². The Morgan fingerprint density at radius 1 is 1.47 bits per heavy atom. The fraction of sp³-hybridized carbons (Fsp3) is 0.467. The minimum Gasteiger partial charge on any atom is -0.321 e. The molecule has 4 nitrogen and oxygen atoms in total. The number of fused-ring (bicyclic) bond motifs is 1. The van der Waals surface area contributed by atoms with Crippen LogP contribution in [0.15, 0.2) is 18.2 Å². The highest BCUT2D eigenvalue weighted by molar-refractivity contribution is 6.01. The van der Waals surface area contributed by atoms with Crippen molar-refractivity contribution in [2.24, 2.45) is 5.73 Å². The third-order valence-corrected chi connectivity index (χ3v) is 3.56. The van der Waals surface area contributed by atoms with Gasteiger partial charge in [0.2, 0.25) is 5.91 Å². The van der Waals surface area contributed by atoms with Gasteiger partial charge in [-0.25, -0.2) is 0 Å². The van der Waals surface area contributed by atoms with E-state index >= 15 is 0 Å². The van der Waals surface area contributed by atoms with E-state index in [1.165, 1.54) is 0 Å². The molecule has 2 unspecified atom stereocenters. The van der Waals surface area contributed by atoms with Crippen molar-refractivity contribution in [3.8, 4) is 0 Å². The lowest BCUT2D eigenvalue weighted by molar-refractivity contribution is -0.118. The van der Waals surface area contributed by atoms with Gasteiger partial charge in [0.1, 0.15) is 0 Å². The lowest BCUT2D eigenvalue weighted by Crippen LogP contribution is -2.35. The lowest BCUT2D eigenvalue weighted by Gasteiger charge is -2.22. The first-order chi connectivity index (χ1) is 8.95. The number of amides is 1. The largest absolute Gasteiger partial charge is 0.321 e. The van der Waals surface area contributed by atoms with Gasteiger partial charge in [0, 0.05) is 23.7 Å². The minimum atomic E-state index is -0.495. The zero-order valence-corrected chi connectivity index (χ0v) is 11.6. The highest BCUT2D eigenvalue weighted by Crippen LogP contribution is 2.33. The van der Waals surface area contributed by atoms with E-state index in [4.69, 9.17) is 5.73 Å². The summed E-state index contributed by atoms with van der Waals surface area (Å²) >= 11 is 0. The molecule has 2 rings (SSSR count). The fourth-order valence-electron chi connectivity index (χ4n) is 2.60. The van der Waals surface area contributed by atoms with Gasteiger partial charge in [-0.15, -0.1) is 0 Å². The van der Waals surface area contributed by atoms with Gasteiger partial charge >= 0.3 is 0 Å². The van der Waals surface area contributed by atoms with Gasteiger partial charge in [0.05, 0.1) is 6.04 Å². The van der Waals surface area contributed by atoms with Crippen LogP contribution in [0.1, 0.15) is 43.1 Å². The first kappa shape index (κ1) is 13.7. The van der Waals surface area contributed by atoms with Crippen molar-refractivity contribution in [1.82, 2.24) is 0 Å². The topological polar surface area (TPSA) is 63.4 Å². The summed E-state index contributed by atoms with van der Waals surface area (Å²) in [5, 5.41) is 0. The zero-order valence-electron chi connectivity index (χ0n) is 11.6. The molecule has 0 aromatic heterocycles. The SMILES string of the molecule is CCC(=O)N1c2ccc(C(=O)C(C)N)cc2CC1C. The predicted octanol–water partition coefficient (Wildman–Crippen LogP) is 1.90. The number of hydrogen-bond donors (Lipinski definition) is 1. The number of anilines is 1. The molecule has 102 valence electrons. The zero-order chi connectivity index (χ0) is 14.2. The molecule has 1 amide bonds. The number of ketones is 1. The fourth-order valence-corrected chi connectivity index (χ4v) is 2.60. The van der Waals surface area contributed by atoms with Crippen LogP contribution < -0.4 is 10.6 Å². The van der Waals surface area contributed by atoms with Gasteiger partial charge in [0.25, 0.3) is 0 Å². The molecule has 1 aliphatic heterocycles. The van der Waals surface area contributed by atoms with Crippen LogP contribution in [0, 0.1) is 0 Å². The maximum absolute atomic E-state index is 12.0. The highest BCUT2D eigenvalue weighted by Gasteiger charge is 2.30. The molecular formula is C15H20N2O2. The maximum Gasteiger partial charge on any atom is 0.226 e. The number of Topliss-reactive ketones (excluding diaryl/α,β-unsaturated/α-hetero) is 1. The van der Waals surface area contributed by atoms with Gasteiger partial charge in [-0.2, -0.15) is 0 Å². The lowest BCUT2D eigenvalue weighted by atomic mass is 10.0. The normalized spacial score (nSPS) is 19.2. The molecule has 4 heteroatoms. The van der Waals surface area contributed by atoms with Crippen LogP contribution in [0.2, 0.25) is 0 Å². The van der Waals surface area contributed by atoms with Crippen LogP contribution in [-0.4, -0.2) is 23.8 Å². The molecule has 1 aromatic carbocycles. The standard InChI is InChI=1S/C15H20N2O2/c1-4-14(18)17-9(2)7-12-8-11(5-6-13(12)17)15(19)10(3)16/h5-6,8-10H,4,7,16H2,1-3H3. The molecule has 0 saturated carbocycles. The molecule has 1 aliphatic rings. The van der Waals surface area contributed by atoms with Gasteiger partial charge in [0.15, 0.2) is 5.78 Å². The second-order valence-corrected chi connectivity index (χ2v) is 5.17. The Morgan fingerprint density at radius 2 is 2.16 bits per heavy atom. The van der Waals surface area contributed by atoms with Gasteiger partial charge in [-0.05, 0) is 44.0 Å². The van der Waals surface area contributed by atoms with Crippen molar-refractivity contribution in [3.63, 3.8) is 0 Å². The summed E-state index contributed by atoms with van der Waals surface area (Å²) in [4.78, 5) is 25.7. The van der Waals surface area contributed by atoms with Crippen LogP contribution >= 0.6 is 0 Å². The van der Waals surface area contributed by atoms with Crippen LogP contribution in [-0.2, 0) is 11.2 Å². The Balaban J connectivity index is 2.37. The quantitative estimate of drug-likeness (QED) is 0.844. The predicted molar refractivity (Wildman–Crippen MR) is 75.4 cm³/mol. The van der Waals surface area contributed by atoms with Crippen LogP contribution in [0.3, 0.4) is 0 Å². The number of hydrogen-bond acceptors (Lipinski definition) is 3. The van der Waals surface area contributed by atoms with E-state index in [0.717, 1.165) is 17.7 Å². The molecule has 2 N–H and O–H groups in total. The van der Waals surface area contributed by atoms with E-state index in [1.54, 1.807) is 13.0 Å². The first-order valence-corrected chi connectivity index (χ1v) is 6.70. The molecule has 0 aliphatic carbocycles. The molecule has 0 bridgehead atoms. The highest BCUT2D eigenvalue weighted by atomic mass is 16.2. The van der Waals surface area contributed by atoms with E-state index in [9.17, 15) is 9.59 Å². The Labute approximate surface area is 113 Å². The molecule has 19 heavy (non-hydrogen) atoms. The average Bonchev–Trinajstić information content (AvgIpc) is 2.71. The minimum absolute atomic E-state index is 0.0595. The van der Waals surface area contributed by atoms with E-state index in [-0.39, 0.29) is 17.7 Å². The van der Waals surface area contributed by atoms with Crippen LogP contribution in [0.25, 0.3) is 0 Å². The number of benzene rings is 1. The number of nitrogens with two attached hydrogens (primary N) is 1. The summed E-state index contributed by atoms with van der Waals surface area (Å²) in [5.41, 5.74) is 8.24. The summed E-state index contributed by atoms with van der Waals surface area (Å²) < 4.78 is 0. The van der Waals surface area contributed by atoms with Gasteiger partial charge in [-0.1, -0.05) is 6.92 Å². The summed E-state index contributed by atoms with van der Waals surface area (Å²) in [6, 6.07) is 5.16. The summed E-state index contributed by atoms with van der Waals surface area (Å²) in [6.07, 6.45) is 1.28. The molecule has 0 spiro atoms. The van der Waals surface area contributed by atoms with Crippen molar-refractivity contribution < 1.29 is 9.59 Å². The van der Waals surface area contributed by atoms with Crippen molar-refractivity contribution in [1.29, 1.82) is 0 Å². The third-order valence-electron chi connectivity index (χ3n) is 3.56. The molecule has 1 heterocycles. The van der Waals surface area contributed by atoms with Crippen molar-refractivity contribution in [2.45, 2.75) is 45.7 Å². The Hall–Kier alpha value is -1.68. The molecule has 1 aromatic rings. The summed E-state index contributed by atoms with van der Waals surface area (Å²) in [7, 11) is 0. The molecule has 0 saturated heterocycles. The third kappa shape index (κ3) is 2.40.